The summed E-state index contributed by atoms with van der Waals surface area (Å²) in [4.78, 5) is 21.8. The van der Waals surface area contributed by atoms with Gasteiger partial charge in [-0.25, -0.2) is 9.97 Å². The summed E-state index contributed by atoms with van der Waals surface area (Å²) in [5.41, 5.74) is 5.19. The average molecular weight is 428 g/mol. The monoisotopic (exact) mass is 427 g/mol. The van der Waals surface area contributed by atoms with Crippen molar-refractivity contribution in [1.82, 2.24) is 19.7 Å². The zero-order valence-electron chi connectivity index (χ0n) is 17.9. The van der Waals surface area contributed by atoms with E-state index in [-0.39, 0.29) is 5.91 Å². The van der Waals surface area contributed by atoms with E-state index < -0.39 is 0 Å². The molecule has 32 heavy (non-hydrogen) atoms. The van der Waals surface area contributed by atoms with Crippen LogP contribution in [0.5, 0.6) is 0 Å². The quantitative estimate of drug-likeness (QED) is 0.415. The number of benzene rings is 2. The van der Waals surface area contributed by atoms with Gasteiger partial charge in [0.05, 0.1) is 24.2 Å². The lowest BCUT2D eigenvalue weighted by atomic mass is 10.1. The molecule has 0 atom stereocenters. The number of methoxy groups -OCH3 is 1. The van der Waals surface area contributed by atoms with Crippen molar-refractivity contribution in [3.8, 4) is 22.5 Å². The van der Waals surface area contributed by atoms with Crippen LogP contribution in [0.25, 0.3) is 28.2 Å². The number of nitrogens with zero attached hydrogens (tertiary/aromatic N) is 3. The molecule has 0 spiro atoms. The molecule has 1 saturated carbocycles. The highest BCUT2D eigenvalue weighted by Gasteiger charge is 2.23. The number of fused-ring (bicyclic) bond motifs is 1. The molecular weight excluding hydrogens is 402 g/mol. The first-order chi connectivity index (χ1) is 15.7. The largest absolute Gasteiger partial charge is 0.383 e. The molecule has 1 aliphatic rings. The van der Waals surface area contributed by atoms with Crippen LogP contribution in [-0.4, -0.2) is 46.6 Å². The van der Waals surface area contributed by atoms with Crippen LogP contribution in [0.1, 0.15) is 23.2 Å². The number of imidazole rings is 1. The zero-order valence-corrected chi connectivity index (χ0v) is 17.9. The molecule has 7 nitrogen and oxygen atoms in total. The highest BCUT2D eigenvalue weighted by atomic mass is 16.5. The third kappa shape index (κ3) is 4.20. The number of carbonyl (C=O) groups excluding carboxylic acids is 1. The Morgan fingerprint density at radius 3 is 2.59 bits per heavy atom. The van der Waals surface area contributed by atoms with Crippen molar-refractivity contribution < 1.29 is 9.53 Å². The lowest BCUT2D eigenvalue weighted by molar-refractivity contribution is 0.0951. The first-order valence-electron chi connectivity index (χ1n) is 10.8. The normalized spacial score (nSPS) is 13.3. The first kappa shape index (κ1) is 20.2. The van der Waals surface area contributed by atoms with Crippen LogP contribution in [-0.2, 0) is 4.74 Å². The van der Waals surface area contributed by atoms with Gasteiger partial charge in [-0.2, -0.15) is 0 Å². The Morgan fingerprint density at radius 1 is 1.09 bits per heavy atom. The highest BCUT2D eigenvalue weighted by Crippen LogP contribution is 2.28. The Morgan fingerprint density at radius 2 is 1.88 bits per heavy atom. The van der Waals surface area contributed by atoms with Crippen molar-refractivity contribution in [3.05, 3.63) is 72.6 Å². The number of carbonyl (C=O) groups is 1. The first-order valence-corrected chi connectivity index (χ1v) is 10.8. The molecule has 1 amide bonds. The van der Waals surface area contributed by atoms with Crippen LogP contribution in [0.2, 0.25) is 0 Å². The minimum atomic E-state index is -0.0163. The number of anilines is 1. The number of hydrogen-bond acceptors (Lipinski definition) is 5. The zero-order chi connectivity index (χ0) is 21.9. The Kier molecular flexibility index (Phi) is 5.56. The van der Waals surface area contributed by atoms with Crippen molar-refractivity contribution in [2.45, 2.75) is 18.9 Å². The minimum absolute atomic E-state index is 0.0163. The number of hydrogen-bond donors (Lipinski definition) is 2. The molecule has 2 aromatic carbocycles. The van der Waals surface area contributed by atoms with Crippen LogP contribution in [0.15, 0.2) is 67.0 Å². The van der Waals surface area contributed by atoms with Crippen molar-refractivity contribution in [1.29, 1.82) is 0 Å². The molecule has 0 unspecified atom stereocenters. The van der Waals surface area contributed by atoms with Gasteiger partial charge in [-0.05, 0) is 25.0 Å². The molecule has 2 heterocycles. The second kappa shape index (κ2) is 8.80. The third-order valence-corrected chi connectivity index (χ3v) is 5.52. The summed E-state index contributed by atoms with van der Waals surface area (Å²) in [5.74, 6) is 0.687. The second-order valence-corrected chi connectivity index (χ2v) is 7.92. The van der Waals surface area contributed by atoms with Crippen LogP contribution < -0.4 is 10.6 Å². The van der Waals surface area contributed by atoms with Crippen molar-refractivity contribution in [3.63, 3.8) is 0 Å². The van der Waals surface area contributed by atoms with Gasteiger partial charge < -0.3 is 15.4 Å². The van der Waals surface area contributed by atoms with E-state index in [0.717, 1.165) is 41.0 Å². The summed E-state index contributed by atoms with van der Waals surface area (Å²) < 4.78 is 7.22. The molecule has 4 aromatic rings. The summed E-state index contributed by atoms with van der Waals surface area (Å²) in [7, 11) is 1.67. The van der Waals surface area contributed by atoms with E-state index in [1.807, 2.05) is 71.4 Å². The molecular formula is C25H25N5O2. The van der Waals surface area contributed by atoms with E-state index in [1.165, 1.54) is 0 Å². The van der Waals surface area contributed by atoms with Gasteiger partial charge in [0.15, 0.2) is 11.5 Å². The fourth-order valence-electron chi connectivity index (χ4n) is 3.63. The number of amides is 1. The highest BCUT2D eigenvalue weighted by molar-refractivity contribution is 5.95. The number of nitrogens with one attached hydrogen (secondary N) is 2. The van der Waals surface area contributed by atoms with E-state index in [9.17, 15) is 4.79 Å². The van der Waals surface area contributed by atoms with Crippen LogP contribution in [0.4, 0.5) is 5.82 Å². The van der Waals surface area contributed by atoms with Gasteiger partial charge in [0.2, 0.25) is 0 Å². The van der Waals surface area contributed by atoms with Crippen LogP contribution in [0, 0.1) is 0 Å². The predicted octanol–water partition coefficient (Wildman–Crippen LogP) is 4.01. The van der Waals surface area contributed by atoms with Gasteiger partial charge in [0.1, 0.15) is 0 Å². The van der Waals surface area contributed by atoms with Crippen molar-refractivity contribution in [2.75, 3.05) is 25.6 Å². The Bertz CT molecular complexity index is 1230. The van der Waals surface area contributed by atoms with Gasteiger partial charge in [-0.3, -0.25) is 9.20 Å². The van der Waals surface area contributed by atoms with Gasteiger partial charge in [-0.15, -0.1) is 0 Å². The van der Waals surface area contributed by atoms with Crippen LogP contribution >= 0.6 is 0 Å². The molecule has 0 bridgehead atoms. The van der Waals surface area contributed by atoms with E-state index in [1.54, 1.807) is 7.11 Å². The van der Waals surface area contributed by atoms with E-state index >= 15 is 0 Å². The molecule has 5 rings (SSSR count). The van der Waals surface area contributed by atoms with Gasteiger partial charge >= 0.3 is 0 Å². The Balaban J connectivity index is 1.53. The predicted molar refractivity (Wildman–Crippen MR) is 125 cm³/mol. The fraction of sp³-hybridized carbons (Fsp3) is 0.240. The number of aromatic nitrogens is 3. The molecule has 162 valence electrons. The van der Waals surface area contributed by atoms with E-state index in [0.29, 0.717) is 30.6 Å². The molecule has 1 fully saturated rings. The minimum Gasteiger partial charge on any atom is -0.383 e. The molecule has 0 aliphatic heterocycles. The lowest BCUT2D eigenvalue weighted by Crippen LogP contribution is -2.25. The molecule has 2 aromatic heterocycles. The topological polar surface area (TPSA) is 80.5 Å². The van der Waals surface area contributed by atoms with Gasteiger partial charge in [-0.1, -0.05) is 42.5 Å². The third-order valence-electron chi connectivity index (χ3n) is 5.52. The summed E-state index contributed by atoms with van der Waals surface area (Å²) >= 11 is 0. The Hall–Kier alpha value is -3.71. The van der Waals surface area contributed by atoms with Gasteiger partial charge in [0.25, 0.3) is 5.91 Å². The summed E-state index contributed by atoms with van der Waals surface area (Å²) in [6, 6.07) is 18.1. The summed E-state index contributed by atoms with van der Waals surface area (Å²) in [6.07, 6.45) is 5.99. The molecule has 2 N–H and O–H groups in total. The summed E-state index contributed by atoms with van der Waals surface area (Å²) in [5, 5.41) is 6.37. The molecule has 7 heteroatoms. The summed E-state index contributed by atoms with van der Waals surface area (Å²) in [6.45, 7) is 1.20. The smallest absolute Gasteiger partial charge is 0.251 e. The number of ether oxygens (including phenoxy) is 1. The SMILES string of the molecule is COCCNc1nc(-c2ccccc2)cn2c(-c3ccc(C(=O)NC4CC4)cc3)cnc12. The van der Waals surface area contributed by atoms with E-state index in [4.69, 9.17) is 9.72 Å². The lowest BCUT2D eigenvalue weighted by Gasteiger charge is -2.11. The molecule has 0 radical (unpaired) electrons. The number of rotatable bonds is 8. The van der Waals surface area contributed by atoms with Crippen molar-refractivity contribution >= 4 is 17.4 Å². The maximum absolute atomic E-state index is 12.3. The average Bonchev–Trinajstić information content (AvgIpc) is 3.54. The van der Waals surface area contributed by atoms with Crippen LogP contribution in [0.3, 0.4) is 0 Å². The molecule has 1 aliphatic carbocycles. The molecule has 0 saturated heterocycles. The van der Waals surface area contributed by atoms with E-state index in [2.05, 4.69) is 15.6 Å². The Labute approximate surface area is 186 Å². The fourth-order valence-corrected chi connectivity index (χ4v) is 3.63. The van der Waals surface area contributed by atoms with Crippen molar-refractivity contribution in [2.24, 2.45) is 0 Å². The maximum atomic E-state index is 12.3. The standard InChI is InChI=1S/C25H25N5O2/c1-32-14-13-26-23-24-27-15-22(30(24)16-21(29-23)17-5-3-2-4-6-17)18-7-9-19(10-8-18)25(31)28-20-11-12-20/h2-10,15-16,20H,11-14H2,1H3,(H,26,29)(H,28,31). The second-order valence-electron chi connectivity index (χ2n) is 7.92. The maximum Gasteiger partial charge on any atom is 0.251 e. The van der Waals surface area contributed by atoms with Gasteiger partial charge in [0, 0.05) is 42.6 Å².